The molecule has 1 heterocycles. The van der Waals surface area contributed by atoms with Crippen LogP contribution in [0, 0.1) is 36.0 Å². The van der Waals surface area contributed by atoms with Gasteiger partial charge in [-0.25, -0.2) is 0 Å². The molecule has 1 N–H and O–H groups in total. The summed E-state index contributed by atoms with van der Waals surface area (Å²) in [6.45, 7) is 9.68. The topological polar surface area (TPSA) is 41.6 Å². The van der Waals surface area contributed by atoms with Crippen molar-refractivity contribution in [1.82, 2.24) is 10.2 Å². The molecular formula is C26H38N2O2. The Morgan fingerprint density at radius 2 is 1.83 bits per heavy atom. The third-order valence-corrected chi connectivity index (χ3v) is 8.55. The molecule has 0 aromatic heterocycles. The molecule has 1 aromatic carbocycles. The Balaban J connectivity index is 1.22. The van der Waals surface area contributed by atoms with Gasteiger partial charge in [-0.05, 0) is 82.1 Å². The lowest BCUT2D eigenvalue weighted by molar-refractivity contribution is -0.148. The molecule has 0 spiro atoms. The molecule has 1 aliphatic heterocycles. The van der Waals surface area contributed by atoms with Gasteiger partial charge in [0.25, 0.3) is 0 Å². The van der Waals surface area contributed by atoms with Crippen LogP contribution >= 0.6 is 0 Å². The summed E-state index contributed by atoms with van der Waals surface area (Å²) >= 11 is 0. The maximum atomic E-state index is 13.5. The number of aryl methyl sites for hydroxylation is 1. The summed E-state index contributed by atoms with van der Waals surface area (Å²) < 4.78 is 6.16. The van der Waals surface area contributed by atoms with E-state index in [1.54, 1.807) is 0 Å². The molecule has 1 unspecified atom stereocenters. The van der Waals surface area contributed by atoms with Crippen LogP contribution in [0.5, 0.6) is 0 Å². The maximum Gasteiger partial charge on any atom is 0.228 e. The van der Waals surface area contributed by atoms with Gasteiger partial charge in [-0.1, -0.05) is 29.8 Å². The predicted octanol–water partition coefficient (Wildman–Crippen LogP) is 4.16. The van der Waals surface area contributed by atoms with Crippen molar-refractivity contribution >= 4 is 5.91 Å². The molecule has 4 saturated carbocycles. The van der Waals surface area contributed by atoms with E-state index < -0.39 is 5.41 Å². The quantitative estimate of drug-likeness (QED) is 0.792. The SMILES string of the molecule is Cc1cccc(CN2CCOC(C(C)(C)C(=O)NC3C4CC5CC(C4)CC3C5)C2)c1. The highest BCUT2D eigenvalue weighted by Crippen LogP contribution is 2.53. The van der Waals surface area contributed by atoms with E-state index in [0.29, 0.717) is 24.5 Å². The van der Waals surface area contributed by atoms with Crippen LogP contribution in [0.2, 0.25) is 0 Å². The molecule has 4 aliphatic carbocycles. The van der Waals surface area contributed by atoms with Gasteiger partial charge in [-0.3, -0.25) is 9.69 Å². The van der Waals surface area contributed by atoms with E-state index in [1.165, 1.54) is 43.2 Å². The third kappa shape index (κ3) is 3.93. The van der Waals surface area contributed by atoms with Crippen LogP contribution in [0.4, 0.5) is 0 Å². The first-order valence-electron chi connectivity index (χ1n) is 12.1. The van der Waals surface area contributed by atoms with Gasteiger partial charge in [-0.2, -0.15) is 0 Å². The summed E-state index contributed by atoms with van der Waals surface area (Å²) in [5.74, 6) is 3.50. The Labute approximate surface area is 181 Å². The molecule has 5 aliphatic rings. The third-order valence-electron chi connectivity index (χ3n) is 8.55. The standard InChI is InChI=1S/C26H38N2O2/c1-17-5-4-6-18(9-17)15-28-7-8-30-23(16-28)26(2,3)25(29)27-24-21-11-19-10-20(13-21)14-22(24)12-19/h4-6,9,19-24H,7-8,10-16H2,1-3H3,(H,27,29). The highest BCUT2D eigenvalue weighted by molar-refractivity contribution is 5.83. The molecule has 6 rings (SSSR count). The molecule has 164 valence electrons. The number of morpholine rings is 1. The van der Waals surface area contributed by atoms with Crippen LogP contribution in [0.3, 0.4) is 0 Å². The first-order chi connectivity index (χ1) is 14.4. The number of hydrogen-bond acceptors (Lipinski definition) is 3. The van der Waals surface area contributed by atoms with E-state index >= 15 is 0 Å². The Kier molecular flexibility index (Phi) is 5.43. The minimum Gasteiger partial charge on any atom is -0.374 e. The smallest absolute Gasteiger partial charge is 0.228 e. The second-order valence-electron chi connectivity index (χ2n) is 11.2. The van der Waals surface area contributed by atoms with Gasteiger partial charge in [0.1, 0.15) is 0 Å². The van der Waals surface area contributed by atoms with Crippen LogP contribution in [0.1, 0.15) is 57.1 Å². The summed E-state index contributed by atoms with van der Waals surface area (Å²) in [6, 6.07) is 9.13. The molecule has 4 nitrogen and oxygen atoms in total. The maximum absolute atomic E-state index is 13.5. The van der Waals surface area contributed by atoms with Crippen molar-refractivity contribution in [1.29, 1.82) is 0 Å². The Morgan fingerprint density at radius 3 is 2.50 bits per heavy atom. The van der Waals surface area contributed by atoms with Crippen molar-refractivity contribution in [2.24, 2.45) is 29.1 Å². The molecule has 1 amide bonds. The average molecular weight is 411 g/mol. The van der Waals surface area contributed by atoms with E-state index in [9.17, 15) is 4.79 Å². The summed E-state index contributed by atoms with van der Waals surface area (Å²) in [4.78, 5) is 15.9. The molecule has 5 fully saturated rings. The van der Waals surface area contributed by atoms with E-state index in [-0.39, 0.29) is 12.0 Å². The average Bonchev–Trinajstić information content (AvgIpc) is 2.70. The normalized spacial score (nSPS) is 36.1. The Bertz CT molecular complexity index is 761. The van der Waals surface area contributed by atoms with Crippen LogP contribution in [-0.4, -0.2) is 42.6 Å². The number of carbonyl (C=O) groups excluding carboxylic acids is 1. The van der Waals surface area contributed by atoms with Gasteiger partial charge in [0.2, 0.25) is 5.91 Å². The first-order valence-corrected chi connectivity index (χ1v) is 12.1. The largest absolute Gasteiger partial charge is 0.374 e. The summed E-state index contributed by atoms with van der Waals surface area (Å²) in [5, 5.41) is 3.53. The summed E-state index contributed by atoms with van der Waals surface area (Å²) in [6.07, 6.45) is 6.73. The predicted molar refractivity (Wildman–Crippen MR) is 119 cm³/mol. The van der Waals surface area contributed by atoms with Crippen molar-refractivity contribution in [3.05, 3.63) is 35.4 Å². The number of benzene rings is 1. The van der Waals surface area contributed by atoms with E-state index in [4.69, 9.17) is 4.74 Å². The van der Waals surface area contributed by atoms with E-state index in [2.05, 4.69) is 55.3 Å². The monoisotopic (exact) mass is 410 g/mol. The van der Waals surface area contributed by atoms with Crippen LogP contribution in [0.25, 0.3) is 0 Å². The molecule has 30 heavy (non-hydrogen) atoms. The van der Waals surface area contributed by atoms with Gasteiger partial charge >= 0.3 is 0 Å². The summed E-state index contributed by atoms with van der Waals surface area (Å²) in [5.41, 5.74) is 2.12. The molecule has 4 bridgehead atoms. The first kappa shape index (κ1) is 20.5. The summed E-state index contributed by atoms with van der Waals surface area (Å²) in [7, 11) is 0. The van der Waals surface area contributed by atoms with E-state index in [0.717, 1.165) is 31.5 Å². The number of ether oxygens (including phenoxy) is 1. The minimum absolute atomic E-state index is 0.0621. The van der Waals surface area contributed by atoms with Crippen molar-refractivity contribution in [2.45, 2.75) is 71.6 Å². The van der Waals surface area contributed by atoms with Crippen LogP contribution in [0.15, 0.2) is 24.3 Å². The van der Waals surface area contributed by atoms with Crippen LogP contribution in [-0.2, 0) is 16.1 Å². The Hall–Kier alpha value is -1.39. The van der Waals surface area contributed by atoms with Crippen LogP contribution < -0.4 is 5.32 Å². The number of rotatable bonds is 5. The molecule has 1 aromatic rings. The lowest BCUT2D eigenvalue weighted by Crippen LogP contribution is -2.60. The second kappa shape index (κ2) is 7.94. The van der Waals surface area contributed by atoms with Gasteiger partial charge in [0, 0.05) is 25.7 Å². The zero-order valence-corrected chi connectivity index (χ0v) is 18.9. The zero-order chi connectivity index (χ0) is 20.9. The van der Waals surface area contributed by atoms with Gasteiger partial charge < -0.3 is 10.1 Å². The molecule has 4 heteroatoms. The lowest BCUT2D eigenvalue weighted by Gasteiger charge is -2.55. The van der Waals surface area contributed by atoms with Gasteiger partial charge in [-0.15, -0.1) is 0 Å². The zero-order valence-electron chi connectivity index (χ0n) is 18.9. The fourth-order valence-corrected chi connectivity index (χ4v) is 7.00. The number of hydrogen-bond donors (Lipinski definition) is 1. The number of amides is 1. The van der Waals surface area contributed by atoms with Gasteiger partial charge in [0.15, 0.2) is 0 Å². The molecule has 0 radical (unpaired) electrons. The molecule has 1 atom stereocenters. The molecule has 1 saturated heterocycles. The minimum atomic E-state index is -0.514. The fraction of sp³-hybridized carbons (Fsp3) is 0.731. The van der Waals surface area contributed by atoms with E-state index in [1.807, 2.05) is 0 Å². The Morgan fingerprint density at radius 1 is 1.13 bits per heavy atom. The van der Waals surface area contributed by atoms with Crippen molar-refractivity contribution in [3.8, 4) is 0 Å². The second-order valence-corrected chi connectivity index (χ2v) is 11.2. The number of carbonyl (C=O) groups is 1. The molecular weight excluding hydrogens is 372 g/mol. The van der Waals surface area contributed by atoms with Crippen molar-refractivity contribution < 1.29 is 9.53 Å². The number of nitrogens with one attached hydrogen (secondary N) is 1. The highest BCUT2D eigenvalue weighted by Gasteiger charge is 2.50. The highest BCUT2D eigenvalue weighted by atomic mass is 16.5. The van der Waals surface area contributed by atoms with Crippen molar-refractivity contribution in [3.63, 3.8) is 0 Å². The fourth-order valence-electron chi connectivity index (χ4n) is 7.00. The van der Waals surface area contributed by atoms with Crippen molar-refractivity contribution in [2.75, 3.05) is 19.7 Å². The lowest BCUT2D eigenvalue weighted by atomic mass is 9.54. The number of nitrogens with zero attached hydrogens (tertiary/aromatic N) is 1. The van der Waals surface area contributed by atoms with Gasteiger partial charge in [0.05, 0.1) is 18.1 Å².